The van der Waals surface area contributed by atoms with Gasteiger partial charge in [-0.3, -0.25) is 0 Å². The zero-order valence-electron chi connectivity index (χ0n) is 8.31. The maximum absolute atomic E-state index is 9.59. The van der Waals surface area contributed by atoms with Crippen molar-refractivity contribution in [1.82, 2.24) is 4.98 Å². The number of pyridine rings is 1. The van der Waals surface area contributed by atoms with Crippen molar-refractivity contribution in [3.05, 3.63) is 28.0 Å². The Labute approximate surface area is 103 Å². The minimum absolute atomic E-state index is 0.212. The normalized spacial score (nSPS) is 29.6. The van der Waals surface area contributed by atoms with E-state index in [0.717, 1.165) is 0 Å². The second kappa shape index (κ2) is 4.85. The van der Waals surface area contributed by atoms with E-state index in [0.29, 0.717) is 17.1 Å². The van der Waals surface area contributed by atoms with E-state index in [1.54, 1.807) is 12.1 Å². The molecule has 0 saturated carbocycles. The first-order valence-corrected chi connectivity index (χ1v) is 5.63. The van der Waals surface area contributed by atoms with Crippen LogP contribution in [0.25, 0.3) is 0 Å². The van der Waals surface area contributed by atoms with E-state index in [-0.39, 0.29) is 17.9 Å². The van der Waals surface area contributed by atoms with Gasteiger partial charge in [-0.15, -0.1) is 0 Å². The third kappa shape index (κ3) is 2.31. The van der Waals surface area contributed by atoms with Gasteiger partial charge in [0.05, 0.1) is 18.8 Å². The summed E-state index contributed by atoms with van der Waals surface area (Å²) < 4.78 is 5.46. The molecule has 0 aromatic carbocycles. The number of rotatable bonds is 2. The molecule has 2 heterocycles. The standard InChI is InChI=1S/C10H11Cl2NO3/c11-9-2-1-5(10(12)13-9)7-3-6(15)8(4-14)16-7/h1-2,6-8,14-15H,3-4H2/t6-,7+,8+/m0/s1. The van der Waals surface area contributed by atoms with Gasteiger partial charge in [-0.25, -0.2) is 4.98 Å². The number of ether oxygens (including phenoxy) is 1. The molecule has 2 N–H and O–H groups in total. The Bertz CT molecular complexity index is 388. The summed E-state index contributed by atoms with van der Waals surface area (Å²) in [6.45, 7) is -0.212. The molecule has 4 nitrogen and oxygen atoms in total. The number of halogens is 2. The minimum atomic E-state index is -0.679. The number of hydrogen-bond acceptors (Lipinski definition) is 4. The molecule has 1 aromatic heterocycles. The molecule has 1 saturated heterocycles. The van der Waals surface area contributed by atoms with Crippen molar-refractivity contribution >= 4 is 23.2 Å². The summed E-state index contributed by atoms with van der Waals surface area (Å²) in [6.07, 6.45) is -1.18. The van der Waals surface area contributed by atoms with Crippen LogP contribution in [-0.2, 0) is 4.74 Å². The SMILES string of the molecule is OC[C@H]1O[C@@H](c2ccc(Cl)nc2Cl)C[C@@H]1O. The molecule has 0 spiro atoms. The summed E-state index contributed by atoms with van der Waals surface area (Å²) in [5, 5.41) is 19.1. The highest BCUT2D eigenvalue weighted by molar-refractivity contribution is 6.32. The smallest absolute Gasteiger partial charge is 0.136 e. The summed E-state index contributed by atoms with van der Waals surface area (Å²) in [5.41, 5.74) is 0.682. The topological polar surface area (TPSA) is 62.6 Å². The highest BCUT2D eigenvalue weighted by Gasteiger charge is 2.35. The van der Waals surface area contributed by atoms with Gasteiger partial charge >= 0.3 is 0 Å². The Morgan fingerprint density at radius 1 is 1.44 bits per heavy atom. The summed E-state index contributed by atoms with van der Waals surface area (Å²) in [7, 11) is 0. The largest absolute Gasteiger partial charge is 0.394 e. The molecule has 0 bridgehead atoms. The van der Waals surface area contributed by atoms with E-state index in [4.69, 9.17) is 33.0 Å². The first kappa shape index (κ1) is 12.1. The summed E-state index contributed by atoms with van der Waals surface area (Å²) in [4.78, 5) is 3.90. The Kier molecular flexibility index (Phi) is 3.66. The van der Waals surface area contributed by atoms with Crippen LogP contribution in [0.4, 0.5) is 0 Å². The Morgan fingerprint density at radius 2 is 2.19 bits per heavy atom. The third-order valence-corrected chi connectivity index (χ3v) is 3.11. The van der Waals surface area contributed by atoms with Crippen molar-refractivity contribution in [2.24, 2.45) is 0 Å². The van der Waals surface area contributed by atoms with E-state index >= 15 is 0 Å². The van der Waals surface area contributed by atoms with Crippen LogP contribution in [-0.4, -0.2) is 34.0 Å². The van der Waals surface area contributed by atoms with Crippen LogP contribution in [0.1, 0.15) is 18.1 Å². The molecule has 16 heavy (non-hydrogen) atoms. The molecule has 6 heteroatoms. The van der Waals surface area contributed by atoms with Gasteiger partial charge in [0.1, 0.15) is 16.4 Å². The van der Waals surface area contributed by atoms with Gasteiger partial charge in [0.25, 0.3) is 0 Å². The van der Waals surface area contributed by atoms with Gasteiger partial charge in [-0.2, -0.15) is 0 Å². The van der Waals surface area contributed by atoms with Crippen LogP contribution in [0.15, 0.2) is 12.1 Å². The van der Waals surface area contributed by atoms with E-state index in [1.165, 1.54) is 0 Å². The number of aromatic nitrogens is 1. The van der Waals surface area contributed by atoms with Crippen molar-refractivity contribution in [2.75, 3.05) is 6.61 Å². The van der Waals surface area contributed by atoms with Crippen LogP contribution in [0.3, 0.4) is 0 Å². The number of hydrogen-bond donors (Lipinski definition) is 2. The van der Waals surface area contributed by atoms with E-state index in [2.05, 4.69) is 4.98 Å². The second-order valence-corrected chi connectivity index (χ2v) is 4.41. The lowest BCUT2D eigenvalue weighted by atomic mass is 10.1. The molecule has 0 amide bonds. The molecule has 1 aliphatic rings. The lowest BCUT2D eigenvalue weighted by Crippen LogP contribution is -2.24. The predicted octanol–water partition coefficient (Wildman–Crippen LogP) is 1.57. The third-order valence-electron chi connectivity index (χ3n) is 2.59. The molecule has 1 fully saturated rings. The molecule has 2 rings (SSSR count). The fourth-order valence-electron chi connectivity index (χ4n) is 1.76. The van der Waals surface area contributed by atoms with Gasteiger partial charge in [0.15, 0.2) is 0 Å². The molecular weight excluding hydrogens is 253 g/mol. The van der Waals surface area contributed by atoms with Crippen LogP contribution < -0.4 is 0 Å². The van der Waals surface area contributed by atoms with Crippen molar-refractivity contribution in [3.63, 3.8) is 0 Å². The van der Waals surface area contributed by atoms with Crippen molar-refractivity contribution in [3.8, 4) is 0 Å². The fourth-order valence-corrected chi connectivity index (χ4v) is 2.22. The molecule has 3 atom stereocenters. The molecule has 0 aliphatic carbocycles. The van der Waals surface area contributed by atoms with E-state index < -0.39 is 12.2 Å². The number of aliphatic hydroxyl groups is 2. The Balaban J connectivity index is 2.20. The highest BCUT2D eigenvalue weighted by Crippen LogP contribution is 2.36. The van der Waals surface area contributed by atoms with Crippen LogP contribution in [0.5, 0.6) is 0 Å². The average molecular weight is 264 g/mol. The first-order chi connectivity index (χ1) is 7.61. The van der Waals surface area contributed by atoms with Gasteiger partial charge in [0.2, 0.25) is 0 Å². The lowest BCUT2D eigenvalue weighted by molar-refractivity contribution is -0.0226. The second-order valence-electron chi connectivity index (χ2n) is 3.66. The summed E-state index contributed by atoms with van der Waals surface area (Å²) in [5.74, 6) is 0. The van der Waals surface area contributed by atoms with Gasteiger partial charge in [-0.05, 0) is 6.07 Å². The summed E-state index contributed by atoms with van der Waals surface area (Å²) >= 11 is 11.6. The van der Waals surface area contributed by atoms with Gasteiger partial charge < -0.3 is 14.9 Å². The monoisotopic (exact) mass is 263 g/mol. The zero-order chi connectivity index (χ0) is 11.7. The maximum atomic E-state index is 9.59. The summed E-state index contributed by atoms with van der Waals surface area (Å²) in [6, 6.07) is 3.33. The van der Waals surface area contributed by atoms with Crippen LogP contribution in [0.2, 0.25) is 10.3 Å². The first-order valence-electron chi connectivity index (χ1n) is 4.88. The lowest BCUT2D eigenvalue weighted by Gasteiger charge is -2.13. The van der Waals surface area contributed by atoms with Gasteiger partial charge in [-0.1, -0.05) is 29.3 Å². The molecule has 1 aliphatic heterocycles. The minimum Gasteiger partial charge on any atom is -0.394 e. The molecule has 88 valence electrons. The predicted molar refractivity (Wildman–Crippen MR) is 59.6 cm³/mol. The number of aliphatic hydroxyl groups excluding tert-OH is 2. The molecular formula is C10H11Cl2NO3. The van der Waals surface area contributed by atoms with Crippen molar-refractivity contribution < 1.29 is 14.9 Å². The Hall–Kier alpha value is -0.390. The number of nitrogens with zero attached hydrogens (tertiary/aromatic N) is 1. The zero-order valence-corrected chi connectivity index (χ0v) is 9.82. The fraction of sp³-hybridized carbons (Fsp3) is 0.500. The Morgan fingerprint density at radius 3 is 2.75 bits per heavy atom. The van der Waals surface area contributed by atoms with E-state index in [9.17, 15) is 5.11 Å². The maximum Gasteiger partial charge on any atom is 0.136 e. The molecule has 1 aromatic rings. The van der Waals surface area contributed by atoms with E-state index in [1.807, 2.05) is 0 Å². The van der Waals surface area contributed by atoms with Crippen LogP contribution in [0, 0.1) is 0 Å². The highest BCUT2D eigenvalue weighted by atomic mass is 35.5. The quantitative estimate of drug-likeness (QED) is 0.796. The van der Waals surface area contributed by atoms with Crippen LogP contribution >= 0.6 is 23.2 Å². The molecule has 0 unspecified atom stereocenters. The molecule has 0 radical (unpaired) electrons. The van der Waals surface area contributed by atoms with Crippen molar-refractivity contribution in [1.29, 1.82) is 0 Å². The average Bonchev–Trinajstić information content (AvgIpc) is 2.59. The van der Waals surface area contributed by atoms with Crippen molar-refractivity contribution in [2.45, 2.75) is 24.7 Å². The van der Waals surface area contributed by atoms with Gasteiger partial charge in [0, 0.05) is 12.0 Å².